The van der Waals surface area contributed by atoms with Crippen LogP contribution in [-0.2, 0) is 16.1 Å². The highest BCUT2D eigenvalue weighted by Gasteiger charge is 2.24. The highest BCUT2D eigenvalue weighted by molar-refractivity contribution is 5.83. The number of aryl methyl sites for hydroxylation is 1. The Morgan fingerprint density at radius 1 is 1.65 bits per heavy atom. The van der Waals surface area contributed by atoms with Crippen LogP contribution < -0.4 is 10.6 Å². The molecule has 1 fully saturated rings. The van der Waals surface area contributed by atoms with E-state index in [9.17, 15) is 9.59 Å². The molecule has 2 heterocycles. The predicted molar refractivity (Wildman–Crippen MR) is 60.9 cm³/mol. The van der Waals surface area contributed by atoms with Crippen molar-refractivity contribution < 1.29 is 9.59 Å². The predicted octanol–water partition coefficient (Wildman–Crippen LogP) is -0.139. The average Bonchev–Trinajstić information content (AvgIpc) is 2.73. The van der Waals surface area contributed by atoms with Crippen LogP contribution in [0.1, 0.15) is 24.1 Å². The fraction of sp³-hybridized carbons (Fsp3) is 0.545. The molecule has 0 aliphatic carbocycles. The Bertz CT molecular complexity index is 417. The topological polar surface area (TPSA) is 86.9 Å². The molecule has 2 amide bonds. The van der Waals surface area contributed by atoms with Gasteiger partial charge in [0, 0.05) is 30.8 Å². The highest BCUT2D eigenvalue weighted by Crippen LogP contribution is 2.11. The Kier molecular flexibility index (Phi) is 3.41. The summed E-state index contributed by atoms with van der Waals surface area (Å²) in [4.78, 5) is 22.8. The minimum Gasteiger partial charge on any atom is -0.355 e. The number of hydrogen-bond donors (Lipinski definition) is 3. The summed E-state index contributed by atoms with van der Waals surface area (Å²) >= 11 is 0. The first-order chi connectivity index (χ1) is 8.16. The second kappa shape index (κ2) is 4.99. The monoisotopic (exact) mass is 236 g/mol. The van der Waals surface area contributed by atoms with Crippen LogP contribution in [0, 0.1) is 12.8 Å². The molecule has 1 unspecified atom stereocenters. The van der Waals surface area contributed by atoms with Gasteiger partial charge in [-0.05, 0) is 13.3 Å². The first-order valence-electron chi connectivity index (χ1n) is 5.70. The maximum Gasteiger partial charge on any atom is 0.225 e. The molecule has 0 saturated carbocycles. The second-order valence-corrected chi connectivity index (χ2v) is 4.28. The maximum absolute atomic E-state index is 11.8. The van der Waals surface area contributed by atoms with Crippen molar-refractivity contribution in [3.05, 3.63) is 17.5 Å². The van der Waals surface area contributed by atoms with Gasteiger partial charge in [0.05, 0.1) is 12.1 Å². The zero-order valence-electron chi connectivity index (χ0n) is 9.75. The molecule has 2 rings (SSSR count). The third kappa shape index (κ3) is 2.83. The van der Waals surface area contributed by atoms with Gasteiger partial charge < -0.3 is 10.6 Å². The normalized spacial score (nSPS) is 19.8. The number of aromatic nitrogens is 2. The molecule has 1 atom stereocenters. The molecule has 0 spiro atoms. The van der Waals surface area contributed by atoms with Crippen molar-refractivity contribution in [2.24, 2.45) is 5.92 Å². The van der Waals surface area contributed by atoms with Crippen LogP contribution >= 0.6 is 0 Å². The van der Waals surface area contributed by atoms with Gasteiger partial charge in [-0.2, -0.15) is 5.10 Å². The van der Waals surface area contributed by atoms with Gasteiger partial charge in [-0.15, -0.1) is 0 Å². The molecule has 1 saturated heterocycles. The van der Waals surface area contributed by atoms with Gasteiger partial charge in [-0.25, -0.2) is 0 Å². The average molecular weight is 236 g/mol. The second-order valence-electron chi connectivity index (χ2n) is 4.28. The number of nitrogens with zero attached hydrogens (tertiary/aromatic N) is 1. The molecule has 92 valence electrons. The molecule has 0 radical (unpaired) electrons. The number of hydrogen-bond acceptors (Lipinski definition) is 3. The summed E-state index contributed by atoms with van der Waals surface area (Å²) in [7, 11) is 0. The van der Waals surface area contributed by atoms with Gasteiger partial charge in [0.1, 0.15) is 0 Å². The SMILES string of the molecule is Cc1[nH]ncc1CNC(=O)C1CCC(=O)NC1. The van der Waals surface area contributed by atoms with Crippen LogP contribution in [0.4, 0.5) is 0 Å². The molecule has 6 nitrogen and oxygen atoms in total. The van der Waals surface area contributed by atoms with Crippen molar-refractivity contribution in [2.45, 2.75) is 26.3 Å². The van der Waals surface area contributed by atoms with Crippen molar-refractivity contribution in [3.63, 3.8) is 0 Å². The molecule has 1 aromatic rings. The zero-order valence-corrected chi connectivity index (χ0v) is 9.75. The summed E-state index contributed by atoms with van der Waals surface area (Å²) in [5.74, 6) is -0.0924. The summed E-state index contributed by atoms with van der Waals surface area (Å²) in [5, 5.41) is 12.3. The van der Waals surface area contributed by atoms with Gasteiger partial charge >= 0.3 is 0 Å². The molecule has 1 aliphatic heterocycles. The van der Waals surface area contributed by atoms with E-state index in [1.807, 2.05) is 6.92 Å². The van der Waals surface area contributed by atoms with Crippen LogP contribution in [0.2, 0.25) is 0 Å². The first-order valence-corrected chi connectivity index (χ1v) is 5.70. The third-order valence-electron chi connectivity index (χ3n) is 3.02. The summed E-state index contributed by atoms with van der Waals surface area (Å²) in [5.41, 5.74) is 1.94. The molecule has 0 aromatic carbocycles. The van der Waals surface area contributed by atoms with E-state index in [-0.39, 0.29) is 17.7 Å². The minimum atomic E-state index is -0.111. The van der Waals surface area contributed by atoms with Crippen LogP contribution in [0.5, 0.6) is 0 Å². The summed E-state index contributed by atoms with van der Waals surface area (Å²) in [6, 6.07) is 0. The highest BCUT2D eigenvalue weighted by atomic mass is 16.2. The molecule has 1 aliphatic rings. The fourth-order valence-electron chi connectivity index (χ4n) is 1.84. The zero-order chi connectivity index (χ0) is 12.3. The lowest BCUT2D eigenvalue weighted by molar-refractivity contribution is -0.129. The van der Waals surface area contributed by atoms with E-state index < -0.39 is 0 Å². The molecule has 3 N–H and O–H groups in total. The summed E-state index contributed by atoms with van der Waals surface area (Å²) in [6.07, 6.45) is 2.77. The van der Waals surface area contributed by atoms with Gasteiger partial charge in [-0.3, -0.25) is 14.7 Å². The van der Waals surface area contributed by atoms with Crippen LogP contribution in [0.25, 0.3) is 0 Å². The van der Waals surface area contributed by atoms with Crippen LogP contribution in [0.15, 0.2) is 6.20 Å². The van der Waals surface area contributed by atoms with E-state index in [4.69, 9.17) is 0 Å². The van der Waals surface area contributed by atoms with Crippen molar-refractivity contribution in [1.29, 1.82) is 0 Å². The van der Waals surface area contributed by atoms with Gasteiger partial charge in [0.2, 0.25) is 11.8 Å². The number of amides is 2. The van der Waals surface area contributed by atoms with E-state index >= 15 is 0 Å². The van der Waals surface area contributed by atoms with E-state index in [1.54, 1.807) is 6.20 Å². The van der Waals surface area contributed by atoms with Crippen molar-refractivity contribution >= 4 is 11.8 Å². The first kappa shape index (κ1) is 11.6. The Balaban J connectivity index is 1.81. The lowest BCUT2D eigenvalue weighted by Crippen LogP contribution is -2.42. The Morgan fingerprint density at radius 3 is 3.06 bits per heavy atom. The molecular weight excluding hydrogens is 220 g/mol. The standard InChI is InChI=1S/C11H16N4O2/c1-7-9(6-14-15-7)5-13-11(17)8-2-3-10(16)12-4-8/h6,8H,2-5H2,1H3,(H,12,16)(H,13,17)(H,14,15). The summed E-state index contributed by atoms with van der Waals surface area (Å²) < 4.78 is 0. The number of piperidine rings is 1. The van der Waals surface area contributed by atoms with Crippen molar-refractivity contribution in [3.8, 4) is 0 Å². The number of carbonyl (C=O) groups is 2. The fourth-order valence-corrected chi connectivity index (χ4v) is 1.84. The van der Waals surface area contributed by atoms with E-state index in [0.29, 0.717) is 25.9 Å². The Labute approximate surface area is 99.2 Å². The van der Waals surface area contributed by atoms with Crippen molar-refractivity contribution in [1.82, 2.24) is 20.8 Å². The van der Waals surface area contributed by atoms with E-state index in [1.165, 1.54) is 0 Å². The summed E-state index contributed by atoms with van der Waals surface area (Å²) in [6.45, 7) is 2.83. The maximum atomic E-state index is 11.8. The van der Waals surface area contributed by atoms with E-state index in [2.05, 4.69) is 20.8 Å². The van der Waals surface area contributed by atoms with Crippen molar-refractivity contribution in [2.75, 3.05) is 6.54 Å². The Morgan fingerprint density at radius 2 is 2.47 bits per heavy atom. The quantitative estimate of drug-likeness (QED) is 0.682. The number of rotatable bonds is 3. The molecular formula is C11H16N4O2. The largest absolute Gasteiger partial charge is 0.355 e. The lowest BCUT2D eigenvalue weighted by Gasteiger charge is -2.21. The van der Waals surface area contributed by atoms with Gasteiger partial charge in [0.15, 0.2) is 0 Å². The molecule has 1 aromatic heterocycles. The lowest BCUT2D eigenvalue weighted by atomic mass is 9.98. The van der Waals surface area contributed by atoms with Gasteiger partial charge in [0.25, 0.3) is 0 Å². The smallest absolute Gasteiger partial charge is 0.225 e. The molecule has 0 bridgehead atoms. The number of aromatic amines is 1. The number of nitrogens with one attached hydrogen (secondary N) is 3. The number of carbonyl (C=O) groups excluding carboxylic acids is 2. The number of H-pyrrole nitrogens is 1. The molecule has 17 heavy (non-hydrogen) atoms. The van der Waals surface area contributed by atoms with Crippen LogP contribution in [0.3, 0.4) is 0 Å². The Hall–Kier alpha value is -1.85. The molecule has 6 heteroatoms. The minimum absolute atomic E-state index is 0.00870. The third-order valence-corrected chi connectivity index (χ3v) is 3.02. The van der Waals surface area contributed by atoms with Crippen LogP contribution in [-0.4, -0.2) is 28.6 Å². The van der Waals surface area contributed by atoms with Gasteiger partial charge in [-0.1, -0.05) is 0 Å². The van der Waals surface area contributed by atoms with E-state index in [0.717, 1.165) is 11.3 Å².